The summed E-state index contributed by atoms with van der Waals surface area (Å²) >= 11 is 0. The zero-order valence-electron chi connectivity index (χ0n) is 13.5. The number of hydrogen-bond acceptors (Lipinski definition) is 5. The molecule has 0 aliphatic carbocycles. The normalized spacial score (nSPS) is 17.8. The Morgan fingerprint density at radius 2 is 2.04 bits per heavy atom. The first-order valence-electron chi connectivity index (χ1n) is 7.31. The van der Waals surface area contributed by atoms with Gasteiger partial charge in [0.05, 0.1) is 24.2 Å². The smallest absolute Gasteiger partial charge is 0.416 e. The second-order valence-electron chi connectivity index (χ2n) is 5.19. The van der Waals surface area contributed by atoms with Gasteiger partial charge in [-0.05, 0) is 11.6 Å². The maximum Gasteiger partial charge on any atom is 0.416 e. The van der Waals surface area contributed by atoms with E-state index in [2.05, 4.69) is 0 Å². The third-order valence-electron chi connectivity index (χ3n) is 3.80. The molecule has 132 valence electrons. The molecule has 1 aliphatic heterocycles. The van der Waals surface area contributed by atoms with Crippen LogP contribution < -0.4 is 5.73 Å². The number of esters is 1. The Bertz CT molecular complexity index is 804. The molecular formula is C17H15F3N2O3. The number of allylic oxidation sites excluding steroid dienone is 2. The predicted molar refractivity (Wildman–Crippen MR) is 81.4 cm³/mol. The maximum absolute atomic E-state index is 13.4. The Morgan fingerprint density at radius 3 is 2.56 bits per heavy atom. The number of methoxy groups -OCH3 is 1. The van der Waals surface area contributed by atoms with Gasteiger partial charge in [-0.3, -0.25) is 0 Å². The summed E-state index contributed by atoms with van der Waals surface area (Å²) in [6, 6.07) is 6.47. The highest BCUT2D eigenvalue weighted by Crippen LogP contribution is 2.44. The fourth-order valence-electron chi connectivity index (χ4n) is 2.73. The first kappa shape index (κ1) is 18.4. The number of ether oxygens (including phenoxy) is 2. The summed E-state index contributed by atoms with van der Waals surface area (Å²) in [6.45, 7) is 1.65. The molecule has 8 heteroatoms. The van der Waals surface area contributed by atoms with Crippen LogP contribution in [-0.4, -0.2) is 13.1 Å². The van der Waals surface area contributed by atoms with E-state index in [1.165, 1.54) is 18.2 Å². The van der Waals surface area contributed by atoms with Gasteiger partial charge in [0, 0.05) is 6.42 Å². The number of carbonyl (C=O) groups is 1. The molecule has 2 rings (SSSR count). The van der Waals surface area contributed by atoms with Crippen molar-refractivity contribution in [1.29, 1.82) is 5.26 Å². The summed E-state index contributed by atoms with van der Waals surface area (Å²) in [4.78, 5) is 12.2. The number of nitrogens with zero attached hydrogens (tertiary/aromatic N) is 1. The molecule has 0 fully saturated rings. The first-order valence-corrected chi connectivity index (χ1v) is 7.31. The van der Waals surface area contributed by atoms with Crippen molar-refractivity contribution in [3.63, 3.8) is 0 Å². The topological polar surface area (TPSA) is 85.3 Å². The third-order valence-corrected chi connectivity index (χ3v) is 3.80. The summed E-state index contributed by atoms with van der Waals surface area (Å²) < 4.78 is 50.3. The van der Waals surface area contributed by atoms with E-state index in [0.717, 1.165) is 13.2 Å². The highest BCUT2D eigenvalue weighted by molar-refractivity contribution is 5.92. The van der Waals surface area contributed by atoms with Gasteiger partial charge in [0.25, 0.3) is 0 Å². The lowest BCUT2D eigenvalue weighted by atomic mass is 9.80. The molecule has 1 aromatic carbocycles. The van der Waals surface area contributed by atoms with Crippen LogP contribution >= 0.6 is 0 Å². The van der Waals surface area contributed by atoms with Crippen molar-refractivity contribution in [2.75, 3.05) is 7.11 Å². The predicted octanol–water partition coefficient (Wildman–Crippen LogP) is 3.35. The second-order valence-corrected chi connectivity index (χ2v) is 5.19. The van der Waals surface area contributed by atoms with E-state index >= 15 is 0 Å². The van der Waals surface area contributed by atoms with Gasteiger partial charge in [-0.25, -0.2) is 4.79 Å². The van der Waals surface area contributed by atoms with Crippen LogP contribution in [0, 0.1) is 11.3 Å². The lowest BCUT2D eigenvalue weighted by Gasteiger charge is -2.29. The summed E-state index contributed by atoms with van der Waals surface area (Å²) in [5, 5.41) is 9.39. The van der Waals surface area contributed by atoms with Gasteiger partial charge in [-0.2, -0.15) is 18.4 Å². The standard InChI is InChI=1S/C17H15F3N2O3/c1-3-12-14(16(23)24-2)13(10(8-21)15(22)25-12)9-6-4-5-7-11(9)17(18,19)20/h4-7,13H,3,22H2,1-2H3/t13-/m1/s1. The Morgan fingerprint density at radius 1 is 1.40 bits per heavy atom. The number of halogens is 3. The first-order chi connectivity index (χ1) is 11.8. The molecule has 0 radical (unpaired) electrons. The minimum absolute atomic E-state index is 0.0744. The minimum Gasteiger partial charge on any atom is -0.466 e. The molecule has 25 heavy (non-hydrogen) atoms. The van der Waals surface area contributed by atoms with Crippen molar-refractivity contribution >= 4 is 5.97 Å². The molecule has 0 aromatic heterocycles. The number of rotatable bonds is 3. The van der Waals surface area contributed by atoms with Crippen LogP contribution in [0.5, 0.6) is 0 Å². The number of benzene rings is 1. The fourth-order valence-corrected chi connectivity index (χ4v) is 2.73. The van der Waals surface area contributed by atoms with Gasteiger partial charge in [0.1, 0.15) is 17.4 Å². The van der Waals surface area contributed by atoms with Crippen LogP contribution in [0.1, 0.15) is 30.4 Å². The van der Waals surface area contributed by atoms with E-state index in [1.54, 1.807) is 13.0 Å². The molecule has 1 aliphatic rings. The molecule has 0 saturated heterocycles. The number of carbonyl (C=O) groups excluding carboxylic acids is 1. The van der Waals surface area contributed by atoms with Gasteiger partial charge in [-0.1, -0.05) is 25.1 Å². The Kier molecular flexibility index (Phi) is 5.07. The van der Waals surface area contributed by atoms with Crippen LogP contribution in [-0.2, 0) is 20.4 Å². The lowest BCUT2D eigenvalue weighted by molar-refractivity contribution is -0.139. The number of nitrogens with two attached hydrogens (primary N) is 1. The third kappa shape index (κ3) is 3.31. The lowest BCUT2D eigenvalue weighted by Crippen LogP contribution is -2.27. The Labute approximate surface area is 142 Å². The van der Waals surface area contributed by atoms with Crippen LogP contribution in [0.15, 0.2) is 47.1 Å². The van der Waals surface area contributed by atoms with Gasteiger partial charge in [-0.15, -0.1) is 0 Å². The van der Waals surface area contributed by atoms with Crippen molar-refractivity contribution in [1.82, 2.24) is 0 Å². The van der Waals surface area contributed by atoms with Crippen LogP contribution in [0.2, 0.25) is 0 Å². The second kappa shape index (κ2) is 6.89. The molecule has 0 amide bonds. The monoisotopic (exact) mass is 352 g/mol. The molecule has 0 bridgehead atoms. The highest BCUT2D eigenvalue weighted by atomic mass is 19.4. The van der Waals surface area contributed by atoms with E-state index in [0.29, 0.717) is 0 Å². The summed E-state index contributed by atoms with van der Waals surface area (Å²) in [5.74, 6) is -2.45. The van der Waals surface area contributed by atoms with Gasteiger partial charge >= 0.3 is 12.1 Å². The highest BCUT2D eigenvalue weighted by Gasteiger charge is 2.42. The average Bonchev–Trinajstić information content (AvgIpc) is 2.59. The van der Waals surface area contributed by atoms with Gasteiger partial charge < -0.3 is 15.2 Å². The van der Waals surface area contributed by atoms with Crippen LogP contribution in [0.25, 0.3) is 0 Å². The van der Waals surface area contributed by atoms with Crippen molar-refractivity contribution in [3.8, 4) is 6.07 Å². The van der Waals surface area contributed by atoms with Crippen LogP contribution in [0.4, 0.5) is 13.2 Å². The van der Waals surface area contributed by atoms with Crippen molar-refractivity contribution < 1.29 is 27.4 Å². The number of nitriles is 1. The minimum atomic E-state index is -4.67. The summed E-state index contributed by atoms with van der Waals surface area (Å²) in [6.07, 6.45) is -4.48. The van der Waals surface area contributed by atoms with Gasteiger partial charge in [0.2, 0.25) is 5.88 Å². The fraction of sp³-hybridized carbons (Fsp3) is 0.294. The SMILES string of the molecule is CCC1=C(C(=O)OC)[C@H](c2ccccc2C(F)(F)F)C(C#N)=C(N)O1. The number of hydrogen-bond donors (Lipinski definition) is 1. The average molecular weight is 352 g/mol. The largest absolute Gasteiger partial charge is 0.466 e. The zero-order chi connectivity index (χ0) is 18.8. The Balaban J connectivity index is 2.82. The quantitative estimate of drug-likeness (QED) is 0.843. The van der Waals surface area contributed by atoms with E-state index in [9.17, 15) is 23.2 Å². The van der Waals surface area contributed by atoms with E-state index in [-0.39, 0.29) is 34.8 Å². The van der Waals surface area contributed by atoms with E-state index in [4.69, 9.17) is 15.2 Å². The maximum atomic E-state index is 13.4. The molecule has 5 nitrogen and oxygen atoms in total. The summed E-state index contributed by atoms with van der Waals surface area (Å²) in [5.41, 5.74) is 4.07. The summed E-state index contributed by atoms with van der Waals surface area (Å²) in [7, 11) is 1.10. The molecule has 0 spiro atoms. The molecule has 1 heterocycles. The zero-order valence-corrected chi connectivity index (χ0v) is 13.5. The Hall–Kier alpha value is -2.95. The molecule has 1 atom stereocenters. The van der Waals surface area contributed by atoms with E-state index in [1.807, 2.05) is 0 Å². The van der Waals surface area contributed by atoms with E-state index < -0.39 is 23.6 Å². The molecule has 0 saturated carbocycles. The molecule has 2 N–H and O–H groups in total. The molecule has 1 aromatic rings. The van der Waals surface area contributed by atoms with Crippen molar-refractivity contribution in [2.45, 2.75) is 25.4 Å². The molecule has 0 unspecified atom stereocenters. The van der Waals surface area contributed by atoms with Crippen LogP contribution in [0.3, 0.4) is 0 Å². The number of alkyl halides is 3. The van der Waals surface area contributed by atoms with Gasteiger partial charge in [0.15, 0.2) is 0 Å². The van der Waals surface area contributed by atoms with Crippen molar-refractivity contribution in [3.05, 3.63) is 58.2 Å². The van der Waals surface area contributed by atoms with Crippen molar-refractivity contribution in [2.24, 2.45) is 5.73 Å². The molecular weight excluding hydrogens is 337 g/mol.